The quantitative estimate of drug-likeness (QED) is 0.0247. The molecule has 392 valence electrons. The summed E-state index contributed by atoms with van der Waals surface area (Å²) in [5.41, 5.74) is 0. The first-order chi connectivity index (χ1) is 29.9. The Bertz CT molecular complexity index is 1470. The molecule has 65 heavy (non-hydrogen) atoms. The van der Waals surface area contributed by atoms with Crippen molar-refractivity contribution in [3.05, 3.63) is 0 Å². The van der Waals surface area contributed by atoms with E-state index in [0.29, 0.717) is 63.8 Å². The van der Waals surface area contributed by atoms with Crippen molar-refractivity contribution >= 4 is 65.1 Å². The largest absolute Gasteiger partial charge is 0.491 e. The predicted octanol–water partition coefficient (Wildman–Crippen LogP) is 3.44. The average Bonchev–Trinajstić information content (AvgIpc) is 3.19. The van der Waals surface area contributed by atoms with Crippen LogP contribution in [0, 0.1) is 0 Å². The van der Waals surface area contributed by atoms with Crippen molar-refractivity contribution in [1.82, 2.24) is 19.6 Å². The molecular formula is C33H84N4O20P4Si4. The molecule has 0 aliphatic rings. The van der Waals surface area contributed by atoms with Crippen LogP contribution in [0.4, 0.5) is 0 Å². The molecule has 2 atom stereocenters. The van der Waals surface area contributed by atoms with Gasteiger partial charge in [-0.2, -0.15) is 0 Å². The van der Waals surface area contributed by atoms with E-state index in [9.17, 15) is 57.4 Å². The lowest BCUT2D eigenvalue weighted by Gasteiger charge is -2.36. The molecule has 0 radical (unpaired) electrons. The molecule has 0 saturated carbocycles. The maximum Gasteiger partial charge on any atom is 0.491 e. The molecule has 0 saturated heterocycles. The number of hydrogen-bond donors (Lipinski definition) is 8. The summed E-state index contributed by atoms with van der Waals surface area (Å²) in [4.78, 5) is 83.8. The monoisotopic (exact) mass is 1090 g/mol. The van der Waals surface area contributed by atoms with Gasteiger partial charge in [0.15, 0.2) is 0 Å². The van der Waals surface area contributed by atoms with Crippen LogP contribution in [-0.4, -0.2) is 214 Å². The predicted molar refractivity (Wildman–Crippen MR) is 256 cm³/mol. The van der Waals surface area contributed by atoms with E-state index in [1.807, 2.05) is 6.55 Å². The third-order valence-electron chi connectivity index (χ3n) is 10.9. The second-order valence-corrected chi connectivity index (χ2v) is 36.2. The van der Waals surface area contributed by atoms with Gasteiger partial charge in [-0.05, 0) is 116 Å². The Labute approximate surface area is 391 Å². The molecule has 0 aromatic heterocycles. The Morgan fingerprint density at radius 2 is 0.631 bits per heavy atom. The maximum absolute atomic E-state index is 12.1. The summed E-state index contributed by atoms with van der Waals surface area (Å²) in [6.45, 7) is 11.9. The SMILES string of the molecule is CCN(CC)CCC[Si](OC)(OC)O[Si](C)(CCCN(CCCCCN(CCC[Si](OC)(OC)O[Si](C)(CCCN(CP(=O)(O)O)CP(=O)(O)O)OC)CP(=O)(O)O)CP(=O)(O)O)OC. The van der Waals surface area contributed by atoms with Gasteiger partial charge in [0, 0.05) is 54.7 Å². The molecule has 0 bridgehead atoms. The summed E-state index contributed by atoms with van der Waals surface area (Å²) in [7, 11) is -21.5. The van der Waals surface area contributed by atoms with Gasteiger partial charge in [-0.25, -0.2) is 0 Å². The second kappa shape index (κ2) is 31.4. The minimum Gasteiger partial charge on any atom is -0.398 e. The summed E-state index contributed by atoms with van der Waals surface area (Å²) in [5.74, 6) is 0. The first-order valence-electron chi connectivity index (χ1n) is 21.7. The molecule has 0 spiro atoms. The summed E-state index contributed by atoms with van der Waals surface area (Å²) < 4.78 is 95.5. The van der Waals surface area contributed by atoms with Gasteiger partial charge < -0.3 is 78.8 Å². The van der Waals surface area contributed by atoms with Crippen molar-refractivity contribution < 1.29 is 92.2 Å². The molecule has 0 rings (SSSR count). The van der Waals surface area contributed by atoms with Crippen molar-refractivity contribution in [2.75, 3.05) is 120 Å². The normalized spacial score (nSPS) is 15.7. The topological polar surface area (TPSA) is 317 Å². The summed E-state index contributed by atoms with van der Waals surface area (Å²) in [5, 5.41) is 0. The van der Waals surface area contributed by atoms with Crippen LogP contribution in [0.2, 0.25) is 37.3 Å². The molecule has 24 nitrogen and oxygen atoms in total. The van der Waals surface area contributed by atoms with Crippen LogP contribution in [-0.2, 0) is 53.0 Å². The molecular weight excluding hydrogens is 1010 g/mol. The third-order valence-corrected chi connectivity index (χ3v) is 28.5. The summed E-state index contributed by atoms with van der Waals surface area (Å²) in [6, 6.07) is 1.65. The Hall–Kier alpha value is 0.988. The van der Waals surface area contributed by atoms with E-state index in [2.05, 4.69) is 18.7 Å². The molecule has 2 unspecified atom stereocenters. The third kappa shape index (κ3) is 31.1. The van der Waals surface area contributed by atoms with Gasteiger partial charge in [-0.1, -0.05) is 20.3 Å². The van der Waals surface area contributed by atoms with Crippen molar-refractivity contribution in [3.8, 4) is 0 Å². The fourth-order valence-electron chi connectivity index (χ4n) is 7.30. The van der Waals surface area contributed by atoms with Crippen molar-refractivity contribution in [2.45, 2.75) is 96.1 Å². The zero-order chi connectivity index (χ0) is 50.2. The highest BCUT2D eigenvalue weighted by Gasteiger charge is 2.48. The molecule has 0 aromatic carbocycles. The Morgan fingerprint density at radius 3 is 0.908 bits per heavy atom. The van der Waals surface area contributed by atoms with E-state index in [-0.39, 0.29) is 31.6 Å². The van der Waals surface area contributed by atoms with Crippen molar-refractivity contribution in [3.63, 3.8) is 0 Å². The fraction of sp³-hybridized carbons (Fsp3) is 1.00. The molecule has 32 heteroatoms. The number of hydrogen-bond acceptors (Lipinski definition) is 16. The van der Waals surface area contributed by atoms with Gasteiger partial charge in [0.1, 0.15) is 25.1 Å². The highest BCUT2D eigenvalue weighted by molar-refractivity contribution is 7.52. The van der Waals surface area contributed by atoms with Crippen LogP contribution >= 0.6 is 30.4 Å². The van der Waals surface area contributed by atoms with Crippen molar-refractivity contribution in [2.24, 2.45) is 0 Å². The number of nitrogens with zero attached hydrogens (tertiary/aromatic N) is 4. The number of unbranched alkanes of at least 4 members (excludes halogenated alkanes) is 2. The lowest BCUT2D eigenvalue weighted by atomic mass is 10.2. The van der Waals surface area contributed by atoms with Crippen LogP contribution in [0.5, 0.6) is 0 Å². The van der Waals surface area contributed by atoms with Gasteiger partial charge in [0.2, 0.25) is 0 Å². The van der Waals surface area contributed by atoms with Gasteiger partial charge in [-0.15, -0.1) is 0 Å². The van der Waals surface area contributed by atoms with Crippen molar-refractivity contribution in [1.29, 1.82) is 0 Å². The minimum absolute atomic E-state index is 0.0614. The van der Waals surface area contributed by atoms with Crippen LogP contribution < -0.4 is 0 Å². The van der Waals surface area contributed by atoms with E-state index in [4.69, 9.17) is 34.8 Å². The zero-order valence-electron chi connectivity index (χ0n) is 40.3. The van der Waals surface area contributed by atoms with E-state index in [1.54, 1.807) is 37.7 Å². The molecule has 0 aliphatic heterocycles. The Kier molecular flexibility index (Phi) is 31.9. The highest BCUT2D eigenvalue weighted by atomic mass is 31.2. The molecule has 0 heterocycles. The van der Waals surface area contributed by atoms with Gasteiger partial charge in [0.05, 0.1) is 0 Å². The van der Waals surface area contributed by atoms with E-state index in [1.165, 1.54) is 21.3 Å². The highest BCUT2D eigenvalue weighted by Crippen LogP contribution is 2.41. The van der Waals surface area contributed by atoms with Crippen LogP contribution in [0.3, 0.4) is 0 Å². The second-order valence-electron chi connectivity index (χ2n) is 16.4. The summed E-state index contributed by atoms with van der Waals surface area (Å²) in [6.07, 6.45) is 1.10. The first-order valence-corrected chi connectivity index (χ1v) is 37.8. The van der Waals surface area contributed by atoms with Gasteiger partial charge in [-0.3, -0.25) is 33.0 Å². The minimum atomic E-state index is -4.61. The van der Waals surface area contributed by atoms with Crippen LogP contribution in [0.25, 0.3) is 0 Å². The van der Waals surface area contributed by atoms with Crippen LogP contribution in [0.15, 0.2) is 0 Å². The van der Waals surface area contributed by atoms with Gasteiger partial charge in [0.25, 0.3) is 0 Å². The maximum atomic E-state index is 12.1. The van der Waals surface area contributed by atoms with E-state index >= 15 is 0 Å². The molecule has 0 aromatic rings. The molecule has 0 amide bonds. The lowest BCUT2D eigenvalue weighted by molar-refractivity contribution is 0.132. The first kappa shape index (κ1) is 66.0. The Morgan fingerprint density at radius 1 is 0.369 bits per heavy atom. The van der Waals surface area contributed by atoms with E-state index in [0.717, 1.165) is 31.0 Å². The lowest BCUT2D eigenvalue weighted by Crippen LogP contribution is -2.54. The molecule has 8 N–H and O–H groups in total. The standard InChI is InChI=1S/C33H84N4O20P4Si4/c1-11-34(12-2)22-18-28-64(52-5,53-6)56-62(9,50-3)26-16-23-35(30-58(38,39)40)20-14-13-15-21-36(31-59(41,42)43)24-19-29-65(54-7,55-8)57-63(10,51-4)27-17-25-37(32-60(44,45)46)33-61(47,48)49/h11-33H2,1-10H3,(H2,38,39,40)(H2,41,42,43)(H2,44,45,46)(H2,47,48,49). The Balaban J connectivity index is 5.53. The zero-order valence-corrected chi connectivity index (χ0v) is 47.9. The number of rotatable bonds is 42. The smallest absolute Gasteiger partial charge is 0.398 e. The van der Waals surface area contributed by atoms with E-state index < -0.39 is 90.3 Å². The van der Waals surface area contributed by atoms with Gasteiger partial charge >= 0.3 is 65.1 Å². The fourth-order valence-corrected chi connectivity index (χ4v) is 23.8. The molecule has 0 fully saturated rings. The molecule has 0 aliphatic carbocycles. The average molecular weight is 1090 g/mol. The summed E-state index contributed by atoms with van der Waals surface area (Å²) >= 11 is 0. The van der Waals surface area contributed by atoms with Crippen LogP contribution in [0.1, 0.15) is 58.8 Å².